The van der Waals surface area contributed by atoms with Gasteiger partial charge in [0.2, 0.25) is 0 Å². The van der Waals surface area contributed by atoms with Gasteiger partial charge in [0.1, 0.15) is 0 Å². The second-order valence-corrected chi connectivity index (χ2v) is 6.42. The molecule has 122 valence electrons. The first kappa shape index (κ1) is 14.9. The average molecular weight is 321 g/mol. The Hall–Kier alpha value is -2.65. The van der Waals surface area contributed by atoms with Gasteiger partial charge >= 0.3 is 0 Å². The van der Waals surface area contributed by atoms with E-state index in [0.717, 1.165) is 36.2 Å². The average Bonchev–Trinajstić information content (AvgIpc) is 3.28. The lowest BCUT2D eigenvalue weighted by Crippen LogP contribution is -2.31. The van der Waals surface area contributed by atoms with Crippen LogP contribution in [0.3, 0.4) is 0 Å². The third-order valence-corrected chi connectivity index (χ3v) is 4.95. The van der Waals surface area contributed by atoms with E-state index in [1.165, 1.54) is 6.42 Å². The van der Waals surface area contributed by atoms with E-state index in [1.54, 1.807) is 11.1 Å². The molecule has 1 fully saturated rings. The van der Waals surface area contributed by atoms with E-state index < -0.39 is 0 Å². The SMILES string of the molecule is N#Cc1cccc2c1CN(C(=O)c1cn[nH]c1C1CCCCN1)C2. The summed E-state index contributed by atoms with van der Waals surface area (Å²) in [5.74, 6) is -0.0220. The number of amides is 1. The highest BCUT2D eigenvalue weighted by molar-refractivity contribution is 5.95. The quantitative estimate of drug-likeness (QED) is 0.888. The minimum atomic E-state index is -0.0220. The number of fused-ring (bicyclic) bond motifs is 1. The Bertz CT molecular complexity index is 813. The molecule has 2 aliphatic heterocycles. The first-order chi connectivity index (χ1) is 11.8. The highest BCUT2D eigenvalue weighted by Crippen LogP contribution is 2.29. The molecule has 0 spiro atoms. The van der Waals surface area contributed by atoms with Gasteiger partial charge in [-0.25, -0.2) is 0 Å². The summed E-state index contributed by atoms with van der Waals surface area (Å²) >= 11 is 0. The number of nitrogens with one attached hydrogen (secondary N) is 2. The highest BCUT2D eigenvalue weighted by atomic mass is 16.2. The van der Waals surface area contributed by atoms with Crippen molar-refractivity contribution >= 4 is 5.91 Å². The van der Waals surface area contributed by atoms with Crippen molar-refractivity contribution in [2.24, 2.45) is 0 Å². The van der Waals surface area contributed by atoms with E-state index in [-0.39, 0.29) is 11.9 Å². The predicted molar refractivity (Wildman–Crippen MR) is 87.9 cm³/mol. The van der Waals surface area contributed by atoms with Gasteiger partial charge in [0.15, 0.2) is 0 Å². The van der Waals surface area contributed by atoms with E-state index >= 15 is 0 Å². The van der Waals surface area contributed by atoms with Gasteiger partial charge in [0.05, 0.1) is 29.1 Å². The molecule has 1 aromatic carbocycles. The van der Waals surface area contributed by atoms with Crippen LogP contribution < -0.4 is 5.32 Å². The number of carbonyl (C=O) groups is 1. The molecule has 0 bridgehead atoms. The standard InChI is InChI=1S/C18H19N5O/c19-8-12-4-3-5-13-10-23(11-15(12)13)18(24)14-9-21-22-17(14)16-6-1-2-7-20-16/h3-5,9,16,20H,1-2,6-7,10-11H2,(H,21,22). The van der Waals surface area contributed by atoms with Crippen LogP contribution in [0.15, 0.2) is 24.4 Å². The minimum Gasteiger partial charge on any atom is -0.330 e. The van der Waals surface area contributed by atoms with Gasteiger partial charge in [-0.3, -0.25) is 9.89 Å². The van der Waals surface area contributed by atoms with E-state index in [0.29, 0.717) is 24.2 Å². The second-order valence-electron chi connectivity index (χ2n) is 6.42. The fourth-order valence-electron chi connectivity index (χ4n) is 3.67. The van der Waals surface area contributed by atoms with Crippen molar-refractivity contribution in [1.82, 2.24) is 20.4 Å². The fourth-order valence-corrected chi connectivity index (χ4v) is 3.67. The number of aromatic amines is 1. The largest absolute Gasteiger partial charge is 0.330 e. The van der Waals surface area contributed by atoms with Crippen LogP contribution in [0.25, 0.3) is 0 Å². The molecule has 3 heterocycles. The Morgan fingerprint density at radius 3 is 3.04 bits per heavy atom. The van der Waals surface area contributed by atoms with Crippen LogP contribution in [0.1, 0.15) is 58.0 Å². The van der Waals surface area contributed by atoms with Crippen molar-refractivity contribution in [2.75, 3.05) is 6.54 Å². The molecule has 2 aromatic rings. The number of hydrogen-bond acceptors (Lipinski definition) is 4. The number of hydrogen-bond donors (Lipinski definition) is 2. The van der Waals surface area contributed by atoms with Crippen LogP contribution in [-0.4, -0.2) is 27.5 Å². The van der Waals surface area contributed by atoms with E-state index in [1.807, 2.05) is 18.2 Å². The predicted octanol–water partition coefficient (Wildman–Crippen LogP) is 2.25. The Labute approximate surface area is 140 Å². The van der Waals surface area contributed by atoms with Crippen LogP contribution >= 0.6 is 0 Å². The summed E-state index contributed by atoms with van der Waals surface area (Å²) in [6.07, 6.45) is 4.97. The minimum absolute atomic E-state index is 0.0220. The maximum absolute atomic E-state index is 13.0. The smallest absolute Gasteiger partial charge is 0.257 e. The number of carbonyl (C=O) groups excluding carboxylic acids is 1. The molecule has 0 saturated carbocycles. The van der Waals surface area contributed by atoms with Crippen LogP contribution in [0.4, 0.5) is 0 Å². The Kier molecular flexibility index (Phi) is 3.79. The van der Waals surface area contributed by atoms with Crippen molar-refractivity contribution in [1.29, 1.82) is 5.26 Å². The molecule has 4 rings (SSSR count). The highest BCUT2D eigenvalue weighted by Gasteiger charge is 2.30. The lowest BCUT2D eigenvalue weighted by atomic mass is 9.99. The molecule has 24 heavy (non-hydrogen) atoms. The zero-order valence-corrected chi connectivity index (χ0v) is 13.4. The van der Waals surface area contributed by atoms with Gasteiger partial charge in [-0.05, 0) is 36.6 Å². The maximum atomic E-state index is 13.0. The zero-order valence-electron chi connectivity index (χ0n) is 13.4. The number of rotatable bonds is 2. The number of benzene rings is 1. The maximum Gasteiger partial charge on any atom is 0.257 e. The molecule has 1 amide bonds. The Balaban J connectivity index is 1.58. The summed E-state index contributed by atoms with van der Waals surface area (Å²) in [4.78, 5) is 14.8. The molecule has 1 saturated heterocycles. The second kappa shape index (κ2) is 6.10. The molecule has 1 atom stereocenters. The number of nitrogens with zero attached hydrogens (tertiary/aromatic N) is 3. The lowest BCUT2D eigenvalue weighted by Gasteiger charge is -2.24. The summed E-state index contributed by atoms with van der Waals surface area (Å²) in [6, 6.07) is 8.06. The van der Waals surface area contributed by atoms with E-state index in [9.17, 15) is 10.1 Å². The van der Waals surface area contributed by atoms with Gasteiger partial charge in [-0.15, -0.1) is 0 Å². The molecule has 6 heteroatoms. The molecule has 1 aromatic heterocycles. The number of nitriles is 1. The number of aromatic nitrogens is 2. The monoisotopic (exact) mass is 321 g/mol. The molecular weight excluding hydrogens is 302 g/mol. The molecule has 6 nitrogen and oxygen atoms in total. The van der Waals surface area contributed by atoms with Crippen molar-refractivity contribution in [3.8, 4) is 6.07 Å². The molecule has 0 aliphatic carbocycles. The Morgan fingerprint density at radius 2 is 2.25 bits per heavy atom. The van der Waals surface area contributed by atoms with Gasteiger partial charge in [-0.2, -0.15) is 10.4 Å². The van der Waals surface area contributed by atoms with E-state index in [4.69, 9.17) is 0 Å². The Morgan fingerprint density at radius 1 is 1.33 bits per heavy atom. The zero-order chi connectivity index (χ0) is 16.5. The topological polar surface area (TPSA) is 84.8 Å². The normalized spacial score (nSPS) is 19.8. The third-order valence-electron chi connectivity index (χ3n) is 4.95. The summed E-state index contributed by atoms with van der Waals surface area (Å²) in [6.45, 7) is 2.00. The fraction of sp³-hybridized carbons (Fsp3) is 0.389. The van der Waals surface area contributed by atoms with E-state index in [2.05, 4.69) is 21.6 Å². The van der Waals surface area contributed by atoms with Crippen molar-refractivity contribution in [3.63, 3.8) is 0 Å². The number of H-pyrrole nitrogens is 1. The van der Waals surface area contributed by atoms with Crippen LogP contribution in [0, 0.1) is 11.3 Å². The van der Waals surface area contributed by atoms with Crippen LogP contribution in [0.5, 0.6) is 0 Å². The van der Waals surface area contributed by atoms with Crippen molar-refractivity contribution < 1.29 is 4.79 Å². The first-order valence-electron chi connectivity index (χ1n) is 8.34. The third kappa shape index (κ3) is 2.47. The molecule has 2 aliphatic rings. The van der Waals surface area contributed by atoms with Gasteiger partial charge in [0, 0.05) is 19.1 Å². The first-order valence-corrected chi connectivity index (χ1v) is 8.34. The molecule has 1 unspecified atom stereocenters. The summed E-state index contributed by atoms with van der Waals surface area (Å²) in [5.41, 5.74) is 4.21. The van der Waals surface area contributed by atoms with Crippen molar-refractivity contribution in [3.05, 3.63) is 52.3 Å². The number of piperidine rings is 1. The molecule has 2 N–H and O–H groups in total. The van der Waals surface area contributed by atoms with Crippen LogP contribution in [0.2, 0.25) is 0 Å². The lowest BCUT2D eigenvalue weighted by molar-refractivity contribution is 0.0749. The van der Waals surface area contributed by atoms with Gasteiger partial charge in [-0.1, -0.05) is 18.6 Å². The van der Waals surface area contributed by atoms with Gasteiger partial charge in [0.25, 0.3) is 5.91 Å². The van der Waals surface area contributed by atoms with Crippen molar-refractivity contribution in [2.45, 2.75) is 38.4 Å². The summed E-state index contributed by atoms with van der Waals surface area (Å²) in [5, 5.41) is 19.8. The van der Waals surface area contributed by atoms with Crippen LogP contribution in [-0.2, 0) is 13.1 Å². The molecule has 0 radical (unpaired) electrons. The molecular formula is C18H19N5O. The van der Waals surface area contributed by atoms with Gasteiger partial charge < -0.3 is 10.2 Å². The summed E-state index contributed by atoms with van der Waals surface area (Å²) in [7, 11) is 0. The summed E-state index contributed by atoms with van der Waals surface area (Å²) < 4.78 is 0.